The number of phenolic OH excluding ortho intramolecular Hbond substituents is 1. The summed E-state index contributed by atoms with van der Waals surface area (Å²) in [5, 5.41) is 9.76. The molecular formula is C21H36O2. The zero-order valence-corrected chi connectivity index (χ0v) is 15.3. The van der Waals surface area contributed by atoms with E-state index in [1.165, 1.54) is 70.6 Å². The van der Waals surface area contributed by atoms with E-state index in [0.29, 0.717) is 12.4 Å². The molecule has 0 fully saturated rings. The zero-order valence-electron chi connectivity index (χ0n) is 15.3. The number of ether oxygens (including phenoxy) is 1. The molecule has 0 saturated carbocycles. The first kappa shape index (κ1) is 19.9. The second-order valence-electron chi connectivity index (χ2n) is 6.71. The van der Waals surface area contributed by atoms with E-state index in [1.54, 1.807) is 6.07 Å². The Balaban J connectivity index is 1.86. The van der Waals surface area contributed by atoms with Crippen LogP contribution in [0.5, 0.6) is 11.5 Å². The van der Waals surface area contributed by atoms with Gasteiger partial charge in [-0.25, -0.2) is 0 Å². The second-order valence-corrected chi connectivity index (χ2v) is 6.71. The predicted octanol–water partition coefficient (Wildman–Crippen LogP) is 6.78. The van der Waals surface area contributed by atoms with E-state index in [1.807, 2.05) is 19.1 Å². The van der Waals surface area contributed by atoms with Crippen molar-refractivity contribution in [1.82, 2.24) is 0 Å². The molecular weight excluding hydrogens is 284 g/mol. The van der Waals surface area contributed by atoms with Crippen molar-refractivity contribution in [3.05, 3.63) is 23.8 Å². The van der Waals surface area contributed by atoms with Crippen molar-refractivity contribution < 1.29 is 9.84 Å². The smallest absolute Gasteiger partial charge is 0.160 e. The maximum Gasteiger partial charge on any atom is 0.160 e. The molecule has 0 amide bonds. The first-order valence-corrected chi connectivity index (χ1v) is 9.66. The van der Waals surface area contributed by atoms with Crippen LogP contribution in [-0.4, -0.2) is 11.7 Å². The lowest BCUT2D eigenvalue weighted by atomic mass is 10.1. The van der Waals surface area contributed by atoms with Gasteiger partial charge >= 0.3 is 0 Å². The lowest BCUT2D eigenvalue weighted by Crippen LogP contribution is -1.97. The fourth-order valence-electron chi connectivity index (χ4n) is 2.87. The molecule has 0 aromatic heterocycles. The third kappa shape index (κ3) is 10.3. The molecule has 0 aliphatic carbocycles. The average molecular weight is 321 g/mol. The topological polar surface area (TPSA) is 29.5 Å². The highest BCUT2D eigenvalue weighted by Gasteiger charge is 2.01. The van der Waals surface area contributed by atoms with E-state index < -0.39 is 0 Å². The Bertz CT molecular complexity index is 401. The monoisotopic (exact) mass is 320 g/mol. The lowest BCUT2D eigenvalue weighted by molar-refractivity contribution is 0.288. The Morgan fingerprint density at radius 3 is 1.83 bits per heavy atom. The quantitative estimate of drug-likeness (QED) is 0.383. The van der Waals surface area contributed by atoms with Crippen LogP contribution < -0.4 is 4.74 Å². The SMILES string of the molecule is CCCCCCCCCCCCCCOc1ccc(C)cc1O. The molecule has 2 nitrogen and oxygen atoms in total. The largest absolute Gasteiger partial charge is 0.504 e. The number of unbranched alkanes of at least 4 members (excludes halogenated alkanes) is 11. The molecule has 0 unspecified atom stereocenters. The maximum atomic E-state index is 9.76. The van der Waals surface area contributed by atoms with Crippen molar-refractivity contribution in [2.24, 2.45) is 0 Å². The van der Waals surface area contributed by atoms with E-state index >= 15 is 0 Å². The first-order valence-electron chi connectivity index (χ1n) is 9.66. The summed E-state index contributed by atoms with van der Waals surface area (Å²) < 4.78 is 5.63. The molecule has 0 saturated heterocycles. The third-order valence-corrected chi connectivity index (χ3v) is 4.37. The summed E-state index contributed by atoms with van der Waals surface area (Å²) in [6, 6.07) is 5.57. The van der Waals surface area contributed by atoms with Crippen LogP contribution in [0, 0.1) is 6.92 Å². The minimum absolute atomic E-state index is 0.254. The number of aromatic hydroxyl groups is 1. The van der Waals surface area contributed by atoms with Crippen LogP contribution in [0.2, 0.25) is 0 Å². The number of phenols is 1. The van der Waals surface area contributed by atoms with Crippen LogP contribution in [0.15, 0.2) is 18.2 Å². The fourth-order valence-corrected chi connectivity index (χ4v) is 2.87. The van der Waals surface area contributed by atoms with Gasteiger partial charge in [-0.3, -0.25) is 0 Å². The maximum absolute atomic E-state index is 9.76. The molecule has 1 aromatic carbocycles. The van der Waals surface area contributed by atoms with Crippen molar-refractivity contribution >= 4 is 0 Å². The summed E-state index contributed by atoms with van der Waals surface area (Å²) in [6.07, 6.45) is 16.2. The molecule has 0 radical (unpaired) electrons. The number of benzene rings is 1. The van der Waals surface area contributed by atoms with E-state index in [0.717, 1.165) is 12.0 Å². The van der Waals surface area contributed by atoms with E-state index in [-0.39, 0.29) is 5.75 Å². The van der Waals surface area contributed by atoms with Crippen molar-refractivity contribution in [2.45, 2.75) is 90.9 Å². The van der Waals surface area contributed by atoms with E-state index in [9.17, 15) is 5.11 Å². The first-order chi connectivity index (χ1) is 11.2. The molecule has 2 heteroatoms. The van der Waals surface area contributed by atoms with Crippen LogP contribution in [-0.2, 0) is 0 Å². The minimum atomic E-state index is 0.254. The summed E-state index contributed by atoms with van der Waals surface area (Å²) in [7, 11) is 0. The number of hydrogen-bond acceptors (Lipinski definition) is 2. The molecule has 1 aromatic rings. The Morgan fingerprint density at radius 1 is 0.783 bits per heavy atom. The molecule has 23 heavy (non-hydrogen) atoms. The van der Waals surface area contributed by atoms with E-state index in [4.69, 9.17) is 4.74 Å². The summed E-state index contributed by atoms with van der Waals surface area (Å²) in [6.45, 7) is 4.94. The van der Waals surface area contributed by atoms with E-state index in [2.05, 4.69) is 6.92 Å². The van der Waals surface area contributed by atoms with Gasteiger partial charge in [-0.15, -0.1) is 0 Å². The van der Waals surface area contributed by atoms with Gasteiger partial charge in [0.1, 0.15) is 0 Å². The van der Waals surface area contributed by atoms with Gasteiger partial charge in [-0.2, -0.15) is 0 Å². The van der Waals surface area contributed by atoms with Gasteiger partial charge in [0, 0.05) is 0 Å². The number of aryl methyl sites for hydroxylation is 1. The van der Waals surface area contributed by atoms with Crippen molar-refractivity contribution in [3.8, 4) is 11.5 Å². The fraction of sp³-hybridized carbons (Fsp3) is 0.714. The average Bonchev–Trinajstić information content (AvgIpc) is 2.53. The summed E-state index contributed by atoms with van der Waals surface area (Å²) in [5.74, 6) is 0.864. The molecule has 1 rings (SSSR count). The van der Waals surface area contributed by atoms with Crippen molar-refractivity contribution in [3.63, 3.8) is 0 Å². The predicted molar refractivity (Wildman–Crippen MR) is 99.4 cm³/mol. The van der Waals surface area contributed by atoms with Crippen LogP contribution in [0.4, 0.5) is 0 Å². The standard InChI is InChI=1S/C21H36O2/c1-3-4-5-6-7-8-9-10-11-12-13-14-17-23-21-16-15-19(2)18-20(21)22/h15-16,18,22H,3-14,17H2,1-2H3. The third-order valence-electron chi connectivity index (χ3n) is 4.37. The highest BCUT2D eigenvalue weighted by atomic mass is 16.5. The highest BCUT2D eigenvalue weighted by molar-refractivity contribution is 5.41. The van der Waals surface area contributed by atoms with Crippen molar-refractivity contribution in [1.29, 1.82) is 0 Å². The van der Waals surface area contributed by atoms with Crippen LogP contribution in [0.25, 0.3) is 0 Å². The van der Waals surface area contributed by atoms with Crippen molar-refractivity contribution in [2.75, 3.05) is 6.61 Å². The minimum Gasteiger partial charge on any atom is -0.504 e. The molecule has 0 aliphatic rings. The molecule has 0 spiro atoms. The number of hydrogen-bond donors (Lipinski definition) is 1. The molecule has 0 aliphatic heterocycles. The Kier molecular flexibility index (Phi) is 11.5. The Hall–Kier alpha value is -1.18. The van der Waals surface area contributed by atoms with Crippen LogP contribution >= 0.6 is 0 Å². The molecule has 0 atom stereocenters. The molecule has 132 valence electrons. The normalized spacial score (nSPS) is 10.9. The van der Waals surface area contributed by atoms with Gasteiger partial charge in [-0.05, 0) is 31.0 Å². The van der Waals surface area contributed by atoms with Gasteiger partial charge < -0.3 is 9.84 Å². The Labute approximate surface area is 143 Å². The van der Waals surface area contributed by atoms with Gasteiger partial charge in [0.05, 0.1) is 6.61 Å². The summed E-state index contributed by atoms with van der Waals surface area (Å²) in [5.41, 5.74) is 1.06. The molecule has 1 N–H and O–H groups in total. The second kappa shape index (κ2) is 13.3. The van der Waals surface area contributed by atoms with Gasteiger partial charge in [0.15, 0.2) is 11.5 Å². The van der Waals surface area contributed by atoms with Gasteiger partial charge in [0.25, 0.3) is 0 Å². The molecule has 0 bridgehead atoms. The lowest BCUT2D eigenvalue weighted by Gasteiger charge is -2.08. The molecule has 0 heterocycles. The summed E-state index contributed by atoms with van der Waals surface area (Å²) >= 11 is 0. The Morgan fingerprint density at radius 2 is 1.30 bits per heavy atom. The van der Waals surface area contributed by atoms with Gasteiger partial charge in [0.2, 0.25) is 0 Å². The van der Waals surface area contributed by atoms with Gasteiger partial charge in [-0.1, -0.05) is 83.6 Å². The zero-order chi connectivity index (χ0) is 16.8. The number of rotatable bonds is 14. The van der Waals surface area contributed by atoms with Crippen LogP contribution in [0.1, 0.15) is 89.5 Å². The highest BCUT2D eigenvalue weighted by Crippen LogP contribution is 2.26. The van der Waals surface area contributed by atoms with Crippen LogP contribution in [0.3, 0.4) is 0 Å². The summed E-state index contributed by atoms with van der Waals surface area (Å²) in [4.78, 5) is 0.